The van der Waals surface area contributed by atoms with Crippen LogP contribution in [-0.4, -0.2) is 19.1 Å². The molecule has 2 aliphatic carbocycles. The summed E-state index contributed by atoms with van der Waals surface area (Å²) in [4.78, 5) is 12.2. The maximum absolute atomic E-state index is 12.2. The molecule has 17 heavy (non-hydrogen) atoms. The summed E-state index contributed by atoms with van der Waals surface area (Å²) < 4.78 is 5.46. The fraction of sp³-hybridized carbons (Fsp3) is 0.929. The molecule has 98 valence electrons. The Balaban J connectivity index is 1.82. The number of carbonyl (C=O) groups excluding carboxylic acids is 1. The highest BCUT2D eigenvalue weighted by atomic mass is 16.5. The highest BCUT2D eigenvalue weighted by molar-refractivity contribution is 5.77. The summed E-state index contributed by atoms with van der Waals surface area (Å²) in [6.45, 7) is 1.06. The predicted molar refractivity (Wildman–Crippen MR) is 67.5 cm³/mol. The summed E-state index contributed by atoms with van der Waals surface area (Å²) in [5.41, 5.74) is 5.49. The quantitative estimate of drug-likeness (QED) is 0.592. The van der Waals surface area contributed by atoms with Gasteiger partial charge in [-0.05, 0) is 25.2 Å². The predicted octanol–water partition coefficient (Wildman–Crippen LogP) is 2.63. The van der Waals surface area contributed by atoms with Crippen molar-refractivity contribution in [1.82, 2.24) is 0 Å². The molecular weight excluding hydrogens is 214 g/mol. The Morgan fingerprint density at radius 1 is 1.18 bits per heavy atom. The maximum atomic E-state index is 12.2. The Labute approximate surface area is 104 Å². The van der Waals surface area contributed by atoms with Crippen molar-refractivity contribution in [3.05, 3.63) is 0 Å². The van der Waals surface area contributed by atoms with E-state index in [4.69, 9.17) is 10.5 Å². The minimum absolute atomic E-state index is 0.0254. The molecule has 0 unspecified atom stereocenters. The lowest BCUT2D eigenvalue weighted by Gasteiger charge is -2.28. The molecule has 0 aliphatic heterocycles. The minimum atomic E-state index is -0.361. The molecule has 2 fully saturated rings. The highest BCUT2D eigenvalue weighted by Crippen LogP contribution is 2.36. The van der Waals surface area contributed by atoms with E-state index in [2.05, 4.69) is 0 Å². The van der Waals surface area contributed by atoms with Crippen molar-refractivity contribution >= 4 is 5.97 Å². The first-order chi connectivity index (χ1) is 8.27. The second-order valence-corrected chi connectivity index (χ2v) is 5.77. The Bertz CT molecular complexity index is 253. The van der Waals surface area contributed by atoms with E-state index in [9.17, 15) is 4.79 Å². The van der Waals surface area contributed by atoms with Gasteiger partial charge < -0.3 is 10.5 Å². The lowest BCUT2D eigenvalue weighted by atomic mass is 9.80. The highest BCUT2D eigenvalue weighted by Gasteiger charge is 2.38. The van der Waals surface area contributed by atoms with Crippen LogP contribution in [0.25, 0.3) is 0 Å². The van der Waals surface area contributed by atoms with Gasteiger partial charge >= 0.3 is 5.97 Å². The summed E-state index contributed by atoms with van der Waals surface area (Å²) in [7, 11) is 0. The van der Waals surface area contributed by atoms with E-state index < -0.39 is 0 Å². The zero-order valence-corrected chi connectivity index (χ0v) is 10.7. The second kappa shape index (κ2) is 5.85. The van der Waals surface area contributed by atoms with Crippen molar-refractivity contribution in [3.8, 4) is 0 Å². The molecule has 2 N–H and O–H groups in total. The van der Waals surface area contributed by atoms with E-state index in [1.165, 1.54) is 25.7 Å². The number of esters is 1. The number of nitrogens with two attached hydrogens (primary N) is 1. The number of ether oxygens (including phenoxy) is 1. The van der Waals surface area contributed by atoms with Crippen LogP contribution in [-0.2, 0) is 9.53 Å². The Morgan fingerprint density at radius 3 is 2.35 bits per heavy atom. The van der Waals surface area contributed by atoms with E-state index in [-0.39, 0.29) is 11.4 Å². The van der Waals surface area contributed by atoms with Crippen LogP contribution < -0.4 is 5.73 Å². The maximum Gasteiger partial charge on any atom is 0.313 e. The van der Waals surface area contributed by atoms with E-state index in [0.29, 0.717) is 13.2 Å². The van der Waals surface area contributed by atoms with Crippen molar-refractivity contribution in [1.29, 1.82) is 0 Å². The third-order valence-electron chi connectivity index (χ3n) is 4.34. The first-order valence-electron chi connectivity index (χ1n) is 7.14. The zero-order valence-electron chi connectivity index (χ0n) is 10.7. The van der Waals surface area contributed by atoms with Crippen LogP contribution in [0.4, 0.5) is 0 Å². The van der Waals surface area contributed by atoms with Crippen LogP contribution in [0.3, 0.4) is 0 Å². The van der Waals surface area contributed by atoms with E-state index in [1.807, 2.05) is 0 Å². The van der Waals surface area contributed by atoms with Gasteiger partial charge in [-0.25, -0.2) is 0 Å². The van der Waals surface area contributed by atoms with Gasteiger partial charge in [0.25, 0.3) is 0 Å². The van der Waals surface area contributed by atoms with Crippen molar-refractivity contribution in [2.45, 2.75) is 57.8 Å². The van der Waals surface area contributed by atoms with Gasteiger partial charge in [0.05, 0.1) is 12.0 Å². The zero-order chi connectivity index (χ0) is 12.1. The van der Waals surface area contributed by atoms with Crippen LogP contribution in [0.15, 0.2) is 0 Å². The fourth-order valence-corrected chi connectivity index (χ4v) is 2.77. The topological polar surface area (TPSA) is 52.3 Å². The third-order valence-corrected chi connectivity index (χ3v) is 4.34. The molecule has 2 saturated carbocycles. The number of hydrogen-bond acceptors (Lipinski definition) is 3. The molecule has 2 aliphatic rings. The molecule has 3 heteroatoms. The van der Waals surface area contributed by atoms with Gasteiger partial charge in [0, 0.05) is 6.54 Å². The van der Waals surface area contributed by atoms with Gasteiger partial charge in [0.15, 0.2) is 0 Å². The molecule has 3 nitrogen and oxygen atoms in total. The smallest absolute Gasteiger partial charge is 0.313 e. The average molecular weight is 239 g/mol. The van der Waals surface area contributed by atoms with Gasteiger partial charge in [0.1, 0.15) is 0 Å². The molecule has 0 atom stereocenters. The summed E-state index contributed by atoms with van der Waals surface area (Å²) in [6.07, 6.45) is 10.2. The summed E-state index contributed by atoms with van der Waals surface area (Å²) in [5, 5.41) is 0. The van der Waals surface area contributed by atoms with Gasteiger partial charge in [-0.1, -0.05) is 38.5 Å². The fourth-order valence-electron chi connectivity index (χ4n) is 2.77. The van der Waals surface area contributed by atoms with Crippen molar-refractivity contribution in [3.63, 3.8) is 0 Å². The van der Waals surface area contributed by atoms with Crippen LogP contribution in [0.5, 0.6) is 0 Å². The van der Waals surface area contributed by atoms with Crippen LogP contribution in [0.1, 0.15) is 57.8 Å². The van der Waals surface area contributed by atoms with Crippen LogP contribution >= 0.6 is 0 Å². The third kappa shape index (κ3) is 3.44. The van der Waals surface area contributed by atoms with Crippen molar-refractivity contribution in [2.24, 2.45) is 17.1 Å². The molecule has 0 radical (unpaired) electrons. The molecule has 0 spiro atoms. The molecular formula is C14H25NO2. The molecule has 0 amide bonds. The lowest BCUT2D eigenvalue weighted by molar-refractivity contribution is -0.156. The van der Waals surface area contributed by atoms with E-state index in [1.54, 1.807) is 0 Å². The van der Waals surface area contributed by atoms with Crippen LogP contribution in [0, 0.1) is 11.3 Å². The molecule has 0 aromatic heterocycles. The van der Waals surface area contributed by atoms with Gasteiger partial charge in [0.2, 0.25) is 0 Å². The first kappa shape index (κ1) is 12.9. The molecule has 0 bridgehead atoms. The van der Waals surface area contributed by atoms with Gasteiger partial charge in [-0.3, -0.25) is 4.79 Å². The SMILES string of the molecule is NCC1(C(=O)OCCC2CC2)CCCCCC1. The first-order valence-corrected chi connectivity index (χ1v) is 7.14. The standard InChI is InChI=1S/C14H25NO2/c15-11-14(8-3-1-2-4-9-14)13(16)17-10-7-12-5-6-12/h12H,1-11,15H2. The van der Waals surface area contributed by atoms with Gasteiger partial charge in [-0.2, -0.15) is 0 Å². The number of hydrogen-bond donors (Lipinski definition) is 1. The number of carbonyl (C=O) groups is 1. The van der Waals surface area contributed by atoms with Crippen LogP contribution in [0.2, 0.25) is 0 Å². The normalized spacial score (nSPS) is 24.1. The molecule has 0 saturated heterocycles. The molecule has 0 aromatic carbocycles. The summed E-state index contributed by atoms with van der Waals surface area (Å²) >= 11 is 0. The van der Waals surface area contributed by atoms with Crippen molar-refractivity contribution in [2.75, 3.05) is 13.2 Å². The lowest BCUT2D eigenvalue weighted by Crippen LogP contribution is -2.39. The second-order valence-electron chi connectivity index (χ2n) is 5.77. The Hall–Kier alpha value is -0.570. The molecule has 0 aromatic rings. The average Bonchev–Trinajstić information content (AvgIpc) is 3.15. The Kier molecular flexibility index (Phi) is 4.43. The minimum Gasteiger partial charge on any atom is -0.465 e. The summed E-state index contributed by atoms with van der Waals surface area (Å²) in [5.74, 6) is 0.799. The van der Waals surface area contributed by atoms with Crippen molar-refractivity contribution < 1.29 is 9.53 Å². The Morgan fingerprint density at radius 2 is 1.82 bits per heavy atom. The van der Waals surface area contributed by atoms with E-state index >= 15 is 0 Å². The number of rotatable bonds is 5. The molecule has 2 rings (SSSR count). The monoisotopic (exact) mass is 239 g/mol. The summed E-state index contributed by atoms with van der Waals surface area (Å²) in [6, 6.07) is 0. The van der Waals surface area contributed by atoms with E-state index in [0.717, 1.165) is 38.0 Å². The largest absolute Gasteiger partial charge is 0.465 e. The molecule has 0 heterocycles. The van der Waals surface area contributed by atoms with Gasteiger partial charge in [-0.15, -0.1) is 0 Å².